The molecule has 0 spiro atoms. The summed E-state index contributed by atoms with van der Waals surface area (Å²) in [5.41, 5.74) is 4.85. The van der Waals surface area contributed by atoms with Crippen LogP contribution in [0.25, 0.3) is 11.1 Å². The minimum atomic E-state index is -0.0353. The van der Waals surface area contributed by atoms with Gasteiger partial charge in [-0.25, -0.2) is 9.97 Å². The largest absolute Gasteiger partial charge is 0.385 e. The number of morpholine rings is 1. The van der Waals surface area contributed by atoms with Gasteiger partial charge in [-0.2, -0.15) is 0 Å². The third kappa shape index (κ3) is 7.84. The van der Waals surface area contributed by atoms with Gasteiger partial charge in [-0.1, -0.05) is 19.9 Å². The van der Waals surface area contributed by atoms with Crippen LogP contribution in [0.4, 0.5) is 23.0 Å². The second-order valence-electron chi connectivity index (χ2n) is 9.66. The lowest BCUT2D eigenvalue weighted by molar-refractivity contribution is 0.111. The number of nitrogens with zero attached hydrogens (tertiary/aromatic N) is 4. The maximum Gasteiger partial charge on any atom is 0.168 e. The average Bonchev–Trinajstić information content (AvgIpc) is 2.97. The number of carbonyl (C=O) groups is 1. The van der Waals surface area contributed by atoms with Crippen LogP contribution in [-0.4, -0.2) is 76.1 Å². The number of hydrogen-bond acceptors (Lipinski definition) is 9. The summed E-state index contributed by atoms with van der Waals surface area (Å²) < 4.78 is 9.99. The van der Waals surface area contributed by atoms with Gasteiger partial charge in [0.1, 0.15) is 17.3 Å². The number of nitrogens with one attached hydrogen (secondary N) is 2. The second kappa shape index (κ2) is 14.4. The van der Waals surface area contributed by atoms with Crippen molar-refractivity contribution < 1.29 is 14.3 Å². The molecule has 2 aromatic heterocycles. The van der Waals surface area contributed by atoms with E-state index in [0.29, 0.717) is 36.0 Å². The van der Waals surface area contributed by atoms with Gasteiger partial charge in [0.2, 0.25) is 0 Å². The van der Waals surface area contributed by atoms with E-state index < -0.39 is 0 Å². The number of pyridine rings is 2. The number of hydrogen-bond donors (Lipinski definition) is 2. The van der Waals surface area contributed by atoms with Crippen LogP contribution in [0.5, 0.6) is 0 Å². The minimum absolute atomic E-state index is 0.0353. The predicted molar refractivity (Wildman–Crippen MR) is 159 cm³/mol. The molecule has 3 aromatic rings. The number of ether oxygens (including phenoxy) is 2. The first-order valence-corrected chi connectivity index (χ1v) is 13.2. The van der Waals surface area contributed by atoms with Crippen LogP contribution in [0.1, 0.15) is 36.8 Å². The molecule has 0 bridgehead atoms. The fourth-order valence-electron chi connectivity index (χ4n) is 4.03. The van der Waals surface area contributed by atoms with Crippen molar-refractivity contribution in [3.63, 3.8) is 0 Å². The molecule has 0 radical (unpaired) electrons. The van der Waals surface area contributed by atoms with Gasteiger partial charge in [-0.3, -0.25) is 4.79 Å². The molecule has 9 nitrogen and oxygen atoms in total. The maximum atomic E-state index is 11.8. The molecular weight excluding hydrogens is 492 g/mol. The predicted octanol–water partition coefficient (Wildman–Crippen LogP) is 5.28. The molecule has 1 saturated heterocycles. The lowest BCUT2D eigenvalue weighted by Crippen LogP contribution is -2.36. The molecule has 1 aromatic carbocycles. The zero-order chi connectivity index (χ0) is 28.4. The zero-order valence-electron chi connectivity index (χ0n) is 23.8. The van der Waals surface area contributed by atoms with E-state index in [4.69, 9.17) is 10.1 Å². The Balaban J connectivity index is 0.000000983. The van der Waals surface area contributed by atoms with Crippen molar-refractivity contribution in [3.05, 3.63) is 59.9 Å². The number of rotatable bonds is 9. The van der Waals surface area contributed by atoms with Crippen molar-refractivity contribution in [1.29, 1.82) is 5.41 Å². The number of aromatic nitrogens is 2. The molecule has 39 heavy (non-hydrogen) atoms. The normalized spacial score (nSPS) is 12.9. The molecule has 1 aliphatic heterocycles. The van der Waals surface area contributed by atoms with Crippen LogP contribution >= 0.6 is 0 Å². The van der Waals surface area contributed by atoms with Crippen molar-refractivity contribution in [2.24, 2.45) is 5.92 Å². The van der Waals surface area contributed by atoms with Gasteiger partial charge in [0, 0.05) is 75.3 Å². The molecule has 0 saturated carbocycles. The summed E-state index contributed by atoms with van der Waals surface area (Å²) in [7, 11) is 5.64. The summed E-state index contributed by atoms with van der Waals surface area (Å²) in [6.07, 6.45) is 2.55. The van der Waals surface area contributed by atoms with Gasteiger partial charge in [-0.05, 0) is 54.8 Å². The van der Waals surface area contributed by atoms with Gasteiger partial charge < -0.3 is 30.0 Å². The highest BCUT2D eigenvalue weighted by Crippen LogP contribution is 2.33. The van der Waals surface area contributed by atoms with Gasteiger partial charge in [0.25, 0.3) is 0 Å². The van der Waals surface area contributed by atoms with Crippen molar-refractivity contribution in [2.75, 3.05) is 69.2 Å². The number of carbonyl (C=O) groups excluding carboxylic acids is 1. The van der Waals surface area contributed by atoms with E-state index in [0.717, 1.165) is 54.3 Å². The summed E-state index contributed by atoms with van der Waals surface area (Å²) in [5.74, 6) is 1.34. The smallest absolute Gasteiger partial charge is 0.168 e. The third-order valence-electron chi connectivity index (χ3n) is 6.31. The average molecular weight is 533 g/mol. The summed E-state index contributed by atoms with van der Waals surface area (Å²) >= 11 is 0. The quantitative estimate of drug-likeness (QED) is 0.283. The first-order valence-electron chi connectivity index (χ1n) is 13.2. The molecule has 0 aliphatic carbocycles. The Kier molecular flexibility index (Phi) is 11.0. The van der Waals surface area contributed by atoms with Crippen LogP contribution in [0, 0.1) is 11.3 Å². The van der Waals surface area contributed by atoms with Crippen LogP contribution in [-0.2, 0) is 9.47 Å². The summed E-state index contributed by atoms with van der Waals surface area (Å²) in [6, 6.07) is 13.7. The van der Waals surface area contributed by atoms with E-state index in [2.05, 4.69) is 24.9 Å². The van der Waals surface area contributed by atoms with E-state index in [1.807, 2.05) is 82.4 Å². The number of aldehydes is 1. The lowest BCUT2D eigenvalue weighted by atomic mass is 9.92. The SMILES string of the molecule is CC(C)C(=N)c1c(-c2ccc(N3CCOCC3)nc2)cc(C=O)nc1Nc1cccc(N(C)C)c1.CCOC. The third-order valence-corrected chi connectivity index (χ3v) is 6.31. The van der Waals surface area contributed by atoms with Gasteiger partial charge in [-0.15, -0.1) is 0 Å². The molecular formula is C30H40N6O3. The summed E-state index contributed by atoms with van der Waals surface area (Å²) in [4.78, 5) is 25.3. The van der Waals surface area contributed by atoms with E-state index in [1.54, 1.807) is 13.2 Å². The van der Waals surface area contributed by atoms with Gasteiger partial charge >= 0.3 is 0 Å². The minimum Gasteiger partial charge on any atom is -0.385 e. The molecule has 0 amide bonds. The van der Waals surface area contributed by atoms with Crippen molar-refractivity contribution in [2.45, 2.75) is 20.8 Å². The highest BCUT2D eigenvalue weighted by atomic mass is 16.5. The number of methoxy groups -OCH3 is 1. The lowest BCUT2D eigenvalue weighted by Gasteiger charge is -2.28. The second-order valence-corrected chi connectivity index (χ2v) is 9.66. The molecule has 1 aliphatic rings. The van der Waals surface area contributed by atoms with Crippen LogP contribution < -0.4 is 15.1 Å². The molecule has 0 unspecified atom stereocenters. The van der Waals surface area contributed by atoms with Crippen LogP contribution in [0.2, 0.25) is 0 Å². The van der Waals surface area contributed by atoms with Crippen LogP contribution in [0.15, 0.2) is 48.7 Å². The summed E-state index contributed by atoms with van der Waals surface area (Å²) in [5, 5.41) is 12.3. The Labute approximate surface area is 231 Å². The maximum absolute atomic E-state index is 11.8. The standard InChI is InChI=1S/C27H32N6O2.C3H8O/c1-18(2)26(28)25-23(19-8-9-24(29-16-19)33-10-12-35-13-11-33)15-21(17-34)31-27(25)30-20-6-5-7-22(14-20)32(3)4;1-3-4-2/h5-9,14-18,28H,10-13H2,1-4H3,(H,30,31);3H2,1-2H3. The number of benzene rings is 1. The fourth-order valence-corrected chi connectivity index (χ4v) is 4.03. The van der Waals surface area contributed by atoms with Crippen LogP contribution in [0.3, 0.4) is 0 Å². The molecule has 208 valence electrons. The van der Waals surface area contributed by atoms with Gasteiger partial charge in [0.05, 0.1) is 13.2 Å². The van der Waals surface area contributed by atoms with E-state index >= 15 is 0 Å². The Hall–Kier alpha value is -3.82. The highest BCUT2D eigenvalue weighted by Gasteiger charge is 2.21. The molecule has 0 atom stereocenters. The molecule has 9 heteroatoms. The topological polar surface area (TPSA) is 104 Å². The monoisotopic (exact) mass is 532 g/mol. The zero-order valence-corrected chi connectivity index (χ0v) is 23.8. The Morgan fingerprint density at radius 3 is 2.49 bits per heavy atom. The first kappa shape index (κ1) is 29.7. The van der Waals surface area contributed by atoms with E-state index in [9.17, 15) is 4.79 Å². The highest BCUT2D eigenvalue weighted by molar-refractivity contribution is 6.10. The fraction of sp³-hybridized carbons (Fsp3) is 0.400. The Morgan fingerprint density at radius 1 is 1.21 bits per heavy atom. The van der Waals surface area contributed by atoms with E-state index in [1.165, 1.54) is 0 Å². The van der Waals surface area contributed by atoms with Crippen molar-refractivity contribution >= 4 is 35.0 Å². The molecule has 4 rings (SSSR count). The Morgan fingerprint density at radius 2 is 1.92 bits per heavy atom. The van der Waals surface area contributed by atoms with Crippen molar-refractivity contribution in [3.8, 4) is 11.1 Å². The van der Waals surface area contributed by atoms with Crippen molar-refractivity contribution in [1.82, 2.24) is 9.97 Å². The van der Waals surface area contributed by atoms with Gasteiger partial charge in [0.15, 0.2) is 6.29 Å². The molecule has 1 fully saturated rings. The summed E-state index contributed by atoms with van der Waals surface area (Å²) in [6.45, 7) is 9.73. The molecule has 3 heterocycles. The molecule has 2 N–H and O–H groups in total. The number of anilines is 4. The Bertz CT molecular complexity index is 1240. The first-order chi connectivity index (χ1) is 18.8. The van der Waals surface area contributed by atoms with E-state index in [-0.39, 0.29) is 5.92 Å².